The molecule has 1 atom stereocenters. The predicted octanol–water partition coefficient (Wildman–Crippen LogP) is 2.57. The average Bonchev–Trinajstić information content (AvgIpc) is 2.69. The number of halogens is 3. The standard InChI is InChI=1S/C12H20F3NO/c13-12(14,15)10(17)9-16-7-5-11(6-8-16)3-1-2-4-11/h10,17H,1-9H2. The fourth-order valence-electron chi connectivity index (χ4n) is 3.18. The van der Waals surface area contributed by atoms with Gasteiger partial charge >= 0.3 is 6.18 Å². The van der Waals surface area contributed by atoms with Gasteiger partial charge in [0.15, 0.2) is 6.10 Å². The van der Waals surface area contributed by atoms with Gasteiger partial charge in [-0.15, -0.1) is 0 Å². The SMILES string of the molecule is OC(CN1CCC2(CCCC2)CC1)C(F)(F)F. The molecule has 17 heavy (non-hydrogen) atoms. The zero-order valence-corrected chi connectivity index (χ0v) is 9.97. The highest BCUT2D eigenvalue weighted by Crippen LogP contribution is 2.46. The number of β-amino-alcohol motifs (C(OH)–C–C–N with tert-alkyl or cyclic N) is 1. The van der Waals surface area contributed by atoms with Gasteiger partial charge in [0.05, 0.1) is 0 Å². The highest BCUT2D eigenvalue weighted by atomic mass is 19.4. The van der Waals surface area contributed by atoms with Crippen molar-refractivity contribution in [1.82, 2.24) is 4.90 Å². The Labute approximate surface area is 99.8 Å². The summed E-state index contributed by atoms with van der Waals surface area (Å²) in [5.41, 5.74) is 0.416. The molecule has 1 saturated carbocycles. The van der Waals surface area contributed by atoms with E-state index in [0.717, 1.165) is 12.8 Å². The highest BCUT2D eigenvalue weighted by molar-refractivity contribution is 4.90. The normalized spacial score (nSPS) is 27.5. The van der Waals surface area contributed by atoms with Crippen LogP contribution in [0.15, 0.2) is 0 Å². The maximum atomic E-state index is 12.2. The Hall–Kier alpha value is -0.290. The molecule has 0 amide bonds. The lowest BCUT2D eigenvalue weighted by Gasteiger charge is -2.40. The summed E-state index contributed by atoms with van der Waals surface area (Å²) in [6.07, 6.45) is 0.333. The van der Waals surface area contributed by atoms with Crippen LogP contribution in [0.3, 0.4) is 0 Å². The third kappa shape index (κ3) is 3.13. The molecule has 1 aliphatic heterocycles. The maximum Gasteiger partial charge on any atom is 0.415 e. The Balaban J connectivity index is 1.79. The smallest absolute Gasteiger partial charge is 0.382 e. The fourth-order valence-corrected chi connectivity index (χ4v) is 3.18. The summed E-state index contributed by atoms with van der Waals surface area (Å²) in [5, 5.41) is 9.03. The highest BCUT2D eigenvalue weighted by Gasteiger charge is 2.41. The first-order chi connectivity index (χ1) is 7.91. The average molecular weight is 251 g/mol. The zero-order valence-electron chi connectivity index (χ0n) is 9.97. The summed E-state index contributed by atoms with van der Waals surface area (Å²) < 4.78 is 36.7. The van der Waals surface area contributed by atoms with Gasteiger partial charge in [0.1, 0.15) is 0 Å². The van der Waals surface area contributed by atoms with Gasteiger partial charge in [-0.25, -0.2) is 0 Å². The third-order valence-electron chi connectivity index (χ3n) is 4.39. The Morgan fingerprint density at radius 3 is 2.06 bits per heavy atom. The summed E-state index contributed by atoms with van der Waals surface area (Å²) >= 11 is 0. The van der Waals surface area contributed by atoms with Crippen LogP contribution in [0.4, 0.5) is 13.2 Å². The molecule has 1 heterocycles. The molecule has 0 aromatic rings. The Bertz CT molecular complexity index is 251. The number of piperidine rings is 1. The van der Waals surface area contributed by atoms with E-state index in [0.29, 0.717) is 18.5 Å². The number of hydrogen-bond acceptors (Lipinski definition) is 2. The Morgan fingerprint density at radius 2 is 1.59 bits per heavy atom. The number of rotatable bonds is 2. The van der Waals surface area contributed by atoms with Crippen LogP contribution in [0.1, 0.15) is 38.5 Å². The second-order valence-corrected chi connectivity index (χ2v) is 5.57. The number of alkyl halides is 3. The van der Waals surface area contributed by atoms with Crippen LogP contribution < -0.4 is 0 Å². The van der Waals surface area contributed by atoms with Crippen molar-refractivity contribution >= 4 is 0 Å². The quantitative estimate of drug-likeness (QED) is 0.815. The maximum absolute atomic E-state index is 12.2. The van der Waals surface area contributed by atoms with Crippen LogP contribution >= 0.6 is 0 Å². The van der Waals surface area contributed by atoms with Crippen molar-refractivity contribution in [3.05, 3.63) is 0 Å². The van der Waals surface area contributed by atoms with E-state index in [1.807, 2.05) is 0 Å². The van der Waals surface area contributed by atoms with Crippen molar-refractivity contribution in [2.75, 3.05) is 19.6 Å². The molecule has 5 heteroatoms. The van der Waals surface area contributed by atoms with E-state index in [1.165, 1.54) is 25.7 Å². The second-order valence-electron chi connectivity index (χ2n) is 5.57. The molecule has 2 nitrogen and oxygen atoms in total. The van der Waals surface area contributed by atoms with Crippen LogP contribution in [0.25, 0.3) is 0 Å². The minimum absolute atomic E-state index is 0.264. The second kappa shape index (κ2) is 4.76. The minimum Gasteiger partial charge on any atom is -0.382 e. The van der Waals surface area contributed by atoms with Gasteiger partial charge in [-0.05, 0) is 44.2 Å². The Kier molecular flexibility index (Phi) is 3.69. The summed E-state index contributed by atoms with van der Waals surface area (Å²) in [6, 6.07) is 0. The van der Waals surface area contributed by atoms with Crippen molar-refractivity contribution in [2.45, 2.75) is 50.8 Å². The van der Waals surface area contributed by atoms with Gasteiger partial charge in [0.2, 0.25) is 0 Å². The molecular weight excluding hydrogens is 231 g/mol. The molecule has 1 aliphatic carbocycles. The molecule has 0 bridgehead atoms. The molecule has 2 aliphatic rings. The van der Waals surface area contributed by atoms with Crippen LogP contribution in [0.2, 0.25) is 0 Å². The lowest BCUT2D eigenvalue weighted by Crippen LogP contribution is -2.46. The van der Waals surface area contributed by atoms with Crippen molar-refractivity contribution in [3.63, 3.8) is 0 Å². The molecule has 0 aromatic carbocycles. The fraction of sp³-hybridized carbons (Fsp3) is 1.00. The minimum atomic E-state index is -4.48. The summed E-state index contributed by atoms with van der Waals surface area (Å²) in [7, 11) is 0. The van der Waals surface area contributed by atoms with Gasteiger partial charge < -0.3 is 10.0 Å². The van der Waals surface area contributed by atoms with Gasteiger partial charge in [0, 0.05) is 6.54 Å². The summed E-state index contributed by atoms with van der Waals surface area (Å²) in [6.45, 7) is 1.14. The van der Waals surface area contributed by atoms with Gasteiger partial charge in [-0.3, -0.25) is 0 Å². The van der Waals surface area contributed by atoms with Crippen molar-refractivity contribution in [3.8, 4) is 0 Å². The van der Waals surface area contributed by atoms with E-state index in [1.54, 1.807) is 4.90 Å². The first kappa shape index (κ1) is 13.1. The van der Waals surface area contributed by atoms with E-state index in [2.05, 4.69) is 0 Å². The largest absolute Gasteiger partial charge is 0.415 e. The van der Waals surface area contributed by atoms with E-state index in [4.69, 9.17) is 5.11 Å². The van der Waals surface area contributed by atoms with Crippen molar-refractivity contribution < 1.29 is 18.3 Å². The lowest BCUT2D eigenvalue weighted by atomic mass is 9.77. The van der Waals surface area contributed by atoms with Crippen LogP contribution in [-0.2, 0) is 0 Å². The molecule has 1 saturated heterocycles. The molecular formula is C12H20F3NO. The summed E-state index contributed by atoms with van der Waals surface area (Å²) in [5.74, 6) is 0. The molecule has 100 valence electrons. The number of likely N-dealkylation sites (tertiary alicyclic amines) is 1. The molecule has 1 unspecified atom stereocenters. The first-order valence-corrected chi connectivity index (χ1v) is 6.38. The third-order valence-corrected chi connectivity index (χ3v) is 4.39. The molecule has 0 aromatic heterocycles. The van der Waals surface area contributed by atoms with Gasteiger partial charge in [-0.2, -0.15) is 13.2 Å². The van der Waals surface area contributed by atoms with Gasteiger partial charge in [0.25, 0.3) is 0 Å². The Morgan fingerprint density at radius 1 is 1.06 bits per heavy atom. The van der Waals surface area contributed by atoms with Gasteiger partial charge in [-0.1, -0.05) is 12.8 Å². The summed E-state index contributed by atoms with van der Waals surface area (Å²) in [4.78, 5) is 1.75. The topological polar surface area (TPSA) is 23.5 Å². The van der Waals surface area contributed by atoms with Crippen molar-refractivity contribution in [1.29, 1.82) is 0 Å². The molecule has 2 rings (SSSR count). The lowest BCUT2D eigenvalue weighted by molar-refractivity contribution is -0.209. The van der Waals surface area contributed by atoms with Crippen molar-refractivity contribution in [2.24, 2.45) is 5.41 Å². The van der Waals surface area contributed by atoms with Crippen LogP contribution in [0.5, 0.6) is 0 Å². The number of hydrogen-bond donors (Lipinski definition) is 1. The first-order valence-electron chi connectivity index (χ1n) is 6.38. The van der Waals surface area contributed by atoms with E-state index >= 15 is 0 Å². The van der Waals surface area contributed by atoms with E-state index < -0.39 is 12.3 Å². The number of nitrogens with zero attached hydrogens (tertiary/aromatic N) is 1. The predicted molar refractivity (Wildman–Crippen MR) is 58.6 cm³/mol. The monoisotopic (exact) mass is 251 g/mol. The van der Waals surface area contributed by atoms with Crippen LogP contribution in [0, 0.1) is 5.41 Å². The van der Waals surface area contributed by atoms with E-state index in [9.17, 15) is 13.2 Å². The molecule has 2 fully saturated rings. The molecule has 0 radical (unpaired) electrons. The zero-order chi connectivity index (χ0) is 12.5. The number of aliphatic hydroxyl groups excluding tert-OH is 1. The number of aliphatic hydroxyl groups is 1. The molecule has 1 N–H and O–H groups in total. The van der Waals surface area contributed by atoms with Crippen LogP contribution in [-0.4, -0.2) is 41.9 Å². The molecule has 1 spiro atoms. The van der Waals surface area contributed by atoms with E-state index in [-0.39, 0.29) is 6.54 Å².